The van der Waals surface area contributed by atoms with E-state index in [1.807, 2.05) is 18.3 Å². The van der Waals surface area contributed by atoms with Gasteiger partial charge in [-0.15, -0.1) is 0 Å². The van der Waals surface area contributed by atoms with Crippen LogP contribution in [0.4, 0.5) is 4.79 Å². The highest BCUT2D eigenvalue weighted by molar-refractivity contribution is 5.98. The summed E-state index contributed by atoms with van der Waals surface area (Å²) in [5, 5.41) is 4.36. The zero-order valence-corrected chi connectivity index (χ0v) is 13.9. The molecule has 8 nitrogen and oxygen atoms in total. The first-order chi connectivity index (χ1) is 11.2. The van der Waals surface area contributed by atoms with Crippen LogP contribution in [-0.2, 0) is 19.1 Å². The summed E-state index contributed by atoms with van der Waals surface area (Å²) in [4.78, 5) is 46.5. The van der Waals surface area contributed by atoms with Crippen LogP contribution in [0.5, 0.6) is 0 Å². The lowest BCUT2D eigenvalue weighted by Crippen LogP contribution is -2.44. The quantitative estimate of drug-likeness (QED) is 0.774. The molecule has 3 amide bonds. The fourth-order valence-electron chi connectivity index (χ4n) is 1.71. The van der Waals surface area contributed by atoms with E-state index < -0.39 is 36.0 Å². The van der Waals surface area contributed by atoms with Crippen LogP contribution in [-0.4, -0.2) is 43.1 Å². The number of carbonyl (C=O) groups is 4. The number of imide groups is 1. The van der Waals surface area contributed by atoms with Crippen LogP contribution in [0.15, 0.2) is 24.3 Å². The third-order valence-corrected chi connectivity index (χ3v) is 3.05. The van der Waals surface area contributed by atoms with Crippen LogP contribution < -0.4 is 10.6 Å². The number of methoxy groups -OCH3 is 1. The van der Waals surface area contributed by atoms with Crippen LogP contribution in [0.1, 0.15) is 29.8 Å². The minimum absolute atomic E-state index is 0.408. The second-order valence-electron chi connectivity index (χ2n) is 5.12. The number of esters is 1. The lowest BCUT2D eigenvalue weighted by atomic mass is 10.1. The SMILES string of the molecule is COC(=O)NC(=O)[C@H](C)OC(=O)[C@H](C)NC(=O)c1cccc(C)c1. The molecular formula is C16H20N2O6. The first-order valence-corrected chi connectivity index (χ1v) is 7.21. The maximum absolute atomic E-state index is 12.1. The van der Waals surface area contributed by atoms with Crippen molar-refractivity contribution in [3.05, 3.63) is 35.4 Å². The zero-order valence-electron chi connectivity index (χ0n) is 13.9. The predicted octanol–water partition coefficient (Wildman–Crippen LogP) is 0.928. The second kappa shape index (κ2) is 8.66. The Hall–Kier alpha value is -2.90. The van der Waals surface area contributed by atoms with Gasteiger partial charge in [-0.25, -0.2) is 9.59 Å². The standard InChI is InChI=1S/C16H20N2O6/c1-9-6-5-7-12(8-9)14(20)17-10(2)15(21)24-11(3)13(19)18-16(22)23-4/h5-8,10-11H,1-4H3,(H,17,20)(H,18,19,22)/t10-,11-/m0/s1. The highest BCUT2D eigenvalue weighted by atomic mass is 16.6. The monoisotopic (exact) mass is 336 g/mol. The minimum atomic E-state index is -1.21. The van der Waals surface area contributed by atoms with Crippen LogP contribution in [0.2, 0.25) is 0 Å². The Morgan fingerprint density at radius 1 is 1.12 bits per heavy atom. The summed E-state index contributed by atoms with van der Waals surface area (Å²) in [6, 6.07) is 5.90. The van der Waals surface area contributed by atoms with E-state index in [9.17, 15) is 19.2 Å². The molecule has 8 heteroatoms. The second-order valence-corrected chi connectivity index (χ2v) is 5.12. The van der Waals surface area contributed by atoms with Crippen molar-refractivity contribution in [2.45, 2.75) is 32.9 Å². The van der Waals surface area contributed by atoms with E-state index in [0.29, 0.717) is 5.56 Å². The molecule has 0 fully saturated rings. The normalized spacial score (nSPS) is 12.5. The average molecular weight is 336 g/mol. The topological polar surface area (TPSA) is 111 Å². The lowest BCUT2D eigenvalue weighted by Gasteiger charge is -2.17. The van der Waals surface area contributed by atoms with E-state index in [-0.39, 0.29) is 0 Å². The molecule has 0 aromatic heterocycles. The van der Waals surface area contributed by atoms with Crippen molar-refractivity contribution in [2.75, 3.05) is 7.11 Å². The predicted molar refractivity (Wildman–Crippen MR) is 84.2 cm³/mol. The summed E-state index contributed by atoms with van der Waals surface area (Å²) in [6.07, 6.45) is -2.17. The molecule has 0 aliphatic rings. The van der Waals surface area contributed by atoms with Gasteiger partial charge in [0.1, 0.15) is 6.04 Å². The molecule has 0 spiro atoms. The molecule has 130 valence electrons. The molecule has 0 aliphatic heterocycles. The molecule has 2 N–H and O–H groups in total. The Morgan fingerprint density at radius 3 is 2.38 bits per heavy atom. The molecule has 1 aromatic rings. The van der Waals surface area contributed by atoms with E-state index >= 15 is 0 Å². The minimum Gasteiger partial charge on any atom is -0.453 e. The van der Waals surface area contributed by atoms with Gasteiger partial charge in [-0.05, 0) is 32.9 Å². The Balaban J connectivity index is 2.56. The van der Waals surface area contributed by atoms with Crippen LogP contribution in [0.25, 0.3) is 0 Å². The number of ether oxygens (including phenoxy) is 2. The molecule has 0 saturated heterocycles. The number of hydrogen-bond acceptors (Lipinski definition) is 6. The van der Waals surface area contributed by atoms with E-state index in [1.54, 1.807) is 18.2 Å². The third kappa shape index (κ3) is 5.71. The molecule has 0 unspecified atom stereocenters. The Bertz CT molecular complexity index is 643. The Kier molecular flexibility index (Phi) is 6.91. The molecule has 24 heavy (non-hydrogen) atoms. The molecule has 0 aliphatic carbocycles. The van der Waals surface area contributed by atoms with Gasteiger partial charge in [-0.1, -0.05) is 17.7 Å². The van der Waals surface area contributed by atoms with Gasteiger partial charge in [0.2, 0.25) is 0 Å². The van der Waals surface area contributed by atoms with Gasteiger partial charge in [0.05, 0.1) is 7.11 Å². The fraction of sp³-hybridized carbons (Fsp3) is 0.375. The summed E-state index contributed by atoms with van der Waals surface area (Å²) in [5.41, 5.74) is 1.32. The number of aryl methyl sites for hydroxylation is 1. The number of nitrogens with one attached hydrogen (secondary N) is 2. The van der Waals surface area contributed by atoms with Crippen molar-refractivity contribution >= 4 is 23.9 Å². The third-order valence-electron chi connectivity index (χ3n) is 3.05. The molecular weight excluding hydrogens is 316 g/mol. The molecule has 2 atom stereocenters. The van der Waals surface area contributed by atoms with E-state index in [0.717, 1.165) is 12.7 Å². The maximum atomic E-state index is 12.1. The van der Waals surface area contributed by atoms with E-state index in [2.05, 4.69) is 10.1 Å². The Labute approximate surface area is 139 Å². The van der Waals surface area contributed by atoms with Crippen molar-refractivity contribution in [1.29, 1.82) is 0 Å². The molecule has 0 bridgehead atoms. The molecule has 1 rings (SSSR count). The smallest absolute Gasteiger partial charge is 0.413 e. The van der Waals surface area contributed by atoms with Gasteiger partial charge in [0.25, 0.3) is 11.8 Å². The van der Waals surface area contributed by atoms with Crippen molar-refractivity contribution in [3.63, 3.8) is 0 Å². The zero-order chi connectivity index (χ0) is 18.3. The van der Waals surface area contributed by atoms with Gasteiger partial charge in [-0.3, -0.25) is 14.9 Å². The largest absolute Gasteiger partial charge is 0.453 e. The summed E-state index contributed by atoms with van der Waals surface area (Å²) < 4.78 is 9.17. The molecule has 0 saturated carbocycles. The van der Waals surface area contributed by atoms with Crippen molar-refractivity contribution in [1.82, 2.24) is 10.6 Å². The number of amides is 3. The first kappa shape index (κ1) is 19.1. The maximum Gasteiger partial charge on any atom is 0.413 e. The Morgan fingerprint density at radius 2 is 1.79 bits per heavy atom. The van der Waals surface area contributed by atoms with Gasteiger partial charge in [0, 0.05) is 5.56 Å². The highest BCUT2D eigenvalue weighted by Crippen LogP contribution is 2.05. The van der Waals surface area contributed by atoms with Gasteiger partial charge < -0.3 is 14.8 Å². The lowest BCUT2D eigenvalue weighted by molar-refractivity contribution is -0.156. The van der Waals surface area contributed by atoms with Gasteiger partial charge in [0.15, 0.2) is 6.10 Å². The van der Waals surface area contributed by atoms with Crippen molar-refractivity contribution in [2.24, 2.45) is 0 Å². The van der Waals surface area contributed by atoms with Crippen molar-refractivity contribution in [3.8, 4) is 0 Å². The van der Waals surface area contributed by atoms with Crippen molar-refractivity contribution < 1.29 is 28.7 Å². The fourth-order valence-corrected chi connectivity index (χ4v) is 1.71. The summed E-state index contributed by atoms with van der Waals surface area (Å²) in [6.45, 7) is 4.57. The number of hydrogen-bond donors (Lipinski definition) is 2. The van der Waals surface area contributed by atoms with Crippen LogP contribution in [0, 0.1) is 6.92 Å². The number of alkyl carbamates (subject to hydrolysis) is 1. The number of carbonyl (C=O) groups excluding carboxylic acids is 4. The van der Waals surface area contributed by atoms with Crippen LogP contribution in [0.3, 0.4) is 0 Å². The summed E-state index contributed by atoms with van der Waals surface area (Å²) >= 11 is 0. The molecule has 0 radical (unpaired) electrons. The summed E-state index contributed by atoms with van der Waals surface area (Å²) in [7, 11) is 1.10. The van der Waals surface area contributed by atoms with E-state index in [1.165, 1.54) is 13.8 Å². The van der Waals surface area contributed by atoms with Gasteiger partial charge in [-0.2, -0.15) is 0 Å². The molecule has 0 heterocycles. The highest BCUT2D eigenvalue weighted by Gasteiger charge is 2.24. The number of benzene rings is 1. The number of rotatable bonds is 5. The summed E-state index contributed by atoms with van der Waals surface area (Å²) in [5.74, 6) is -2.06. The van der Waals surface area contributed by atoms with E-state index in [4.69, 9.17) is 4.74 Å². The van der Waals surface area contributed by atoms with Gasteiger partial charge >= 0.3 is 12.1 Å². The average Bonchev–Trinajstić information content (AvgIpc) is 2.54. The first-order valence-electron chi connectivity index (χ1n) is 7.21. The molecule has 1 aromatic carbocycles. The van der Waals surface area contributed by atoms with Crippen LogP contribution >= 0.6 is 0 Å².